The summed E-state index contributed by atoms with van der Waals surface area (Å²) < 4.78 is 0. The van der Waals surface area contributed by atoms with E-state index >= 15 is 0 Å². The average Bonchev–Trinajstić information content (AvgIpc) is 0. The van der Waals surface area contributed by atoms with Gasteiger partial charge in [-0.2, -0.15) is 0 Å². The number of hydrogen-bond donors (Lipinski definition) is 0. The van der Waals surface area contributed by atoms with Gasteiger partial charge in [-0.1, -0.05) is 7.43 Å². The van der Waals surface area contributed by atoms with Gasteiger partial charge in [0.05, 0.1) is 0 Å². The molecule has 4 heavy (non-hydrogen) atoms. The van der Waals surface area contributed by atoms with E-state index in [4.69, 9.17) is 0 Å². The zero-order valence-electron chi connectivity index (χ0n) is 1.15. The minimum absolute atomic E-state index is 0. The molecule has 0 unspecified atom stereocenters. The Morgan fingerprint density at radius 3 is 0.750 bits per heavy atom. The maximum absolute atomic E-state index is 0. The second kappa shape index (κ2) is 72.7. The summed E-state index contributed by atoms with van der Waals surface area (Å²) in [5.74, 6) is 0. The van der Waals surface area contributed by atoms with E-state index in [1.54, 1.807) is 0 Å². The predicted octanol–water partition coefficient (Wildman–Crippen LogP) is 0.396. The largest absolute Gasteiger partial charge is 2.00 e. The Morgan fingerprint density at radius 1 is 0.750 bits per heavy atom. The van der Waals surface area contributed by atoms with Crippen molar-refractivity contribution >= 4 is 0 Å². The Hall–Kier alpha value is 0.569. The van der Waals surface area contributed by atoms with Crippen LogP contribution in [0.4, 0.5) is 0 Å². The molecular formula is CH4IrO2-4. The van der Waals surface area contributed by atoms with Gasteiger partial charge in [-0.25, -0.2) is 0 Å². The maximum Gasteiger partial charge on any atom is 0 e. The molecule has 0 saturated carbocycles. The van der Waals surface area contributed by atoms with Gasteiger partial charge >= 0.3 is 0 Å². The van der Waals surface area contributed by atoms with Crippen molar-refractivity contribution < 1.29 is 31.1 Å². The molecule has 0 saturated heterocycles. The van der Waals surface area contributed by atoms with Gasteiger partial charge in [0, 0.05) is 20.1 Å². The van der Waals surface area contributed by atoms with E-state index in [9.17, 15) is 0 Å². The quantitative estimate of drug-likeness (QED) is 0.588. The van der Waals surface area contributed by atoms with Crippen LogP contribution in [-0.2, 0) is 31.1 Å². The second-order valence-electron chi connectivity index (χ2n) is 0. The smallest absolute Gasteiger partial charge is 0 e. The van der Waals surface area contributed by atoms with Crippen LogP contribution in [0.15, 0.2) is 0 Å². The third-order valence-corrected chi connectivity index (χ3v) is 0. The van der Waals surface area contributed by atoms with Crippen LogP contribution in [-0.4, -0.2) is 0 Å². The van der Waals surface area contributed by atoms with Crippen LogP contribution < -0.4 is 0 Å². The molecule has 3 heteroatoms. The Balaban J connectivity index is 0. The Labute approximate surface area is 39.2 Å². The summed E-state index contributed by atoms with van der Waals surface area (Å²) in [4.78, 5) is 0. The van der Waals surface area contributed by atoms with E-state index in [1.165, 1.54) is 0 Å². The van der Waals surface area contributed by atoms with Crippen molar-refractivity contribution in [3.8, 4) is 0 Å². The number of hydrogen-bond acceptors (Lipinski definition) is 0. The van der Waals surface area contributed by atoms with Crippen LogP contribution in [0.2, 0.25) is 0 Å². The molecule has 33 valence electrons. The van der Waals surface area contributed by atoms with E-state index in [0.717, 1.165) is 0 Å². The van der Waals surface area contributed by atoms with Crippen LogP contribution in [0.1, 0.15) is 7.43 Å². The third kappa shape index (κ3) is 19.5. The molecule has 2 nitrogen and oxygen atoms in total. The molecule has 0 rings (SSSR count). The van der Waals surface area contributed by atoms with Crippen molar-refractivity contribution in [3.63, 3.8) is 0 Å². The molecule has 0 atom stereocenters. The summed E-state index contributed by atoms with van der Waals surface area (Å²) in [5, 5.41) is 0. The molecule has 0 aliphatic carbocycles. The summed E-state index contributed by atoms with van der Waals surface area (Å²) in [6.07, 6.45) is 0. The monoisotopic (exact) mass is 241 g/mol. The summed E-state index contributed by atoms with van der Waals surface area (Å²) >= 11 is 0. The van der Waals surface area contributed by atoms with Crippen LogP contribution in [0.25, 0.3) is 0 Å². The molecule has 0 bridgehead atoms. The van der Waals surface area contributed by atoms with Gasteiger partial charge in [-0.15, -0.1) is 0 Å². The fourth-order valence-corrected chi connectivity index (χ4v) is 0. The van der Waals surface area contributed by atoms with Gasteiger partial charge in [-0.05, 0) is 0 Å². The predicted molar refractivity (Wildman–Crippen MR) is 8.10 cm³/mol. The van der Waals surface area contributed by atoms with Crippen LogP contribution in [0.5, 0.6) is 0 Å². The van der Waals surface area contributed by atoms with E-state index in [-0.39, 0.29) is 38.5 Å². The zero-order valence-corrected chi connectivity index (χ0v) is 3.54. The fraction of sp³-hybridized carbons (Fsp3) is 1.00. The molecule has 0 heterocycles. The standard InChI is InChI=1S/CH4.Ir.2O/h1H4;;;/q;;2*-2. The second-order valence-corrected chi connectivity index (χ2v) is 0. The molecule has 0 aromatic heterocycles. The van der Waals surface area contributed by atoms with Gasteiger partial charge in [0.1, 0.15) is 0 Å². The topological polar surface area (TPSA) is 57.0 Å². The first-order chi connectivity index (χ1) is 0. The first-order valence-electron chi connectivity index (χ1n) is 0. The van der Waals surface area contributed by atoms with Crippen LogP contribution in [0.3, 0.4) is 0 Å². The van der Waals surface area contributed by atoms with E-state index in [1.807, 2.05) is 0 Å². The Bertz CT molecular complexity index is 6.00. The first kappa shape index (κ1) is 180. The van der Waals surface area contributed by atoms with E-state index in [0.29, 0.717) is 0 Å². The molecule has 0 amide bonds. The molecule has 0 spiro atoms. The van der Waals surface area contributed by atoms with Gasteiger partial charge in [0.25, 0.3) is 0 Å². The summed E-state index contributed by atoms with van der Waals surface area (Å²) in [6.45, 7) is 0. The third-order valence-electron chi connectivity index (χ3n) is 0. The average molecular weight is 240 g/mol. The summed E-state index contributed by atoms with van der Waals surface area (Å²) in [6, 6.07) is 0. The fourth-order valence-electron chi connectivity index (χ4n) is 0. The molecule has 0 fully saturated rings. The molecule has 0 aromatic carbocycles. The summed E-state index contributed by atoms with van der Waals surface area (Å²) in [7, 11) is 0. The first-order valence-corrected chi connectivity index (χ1v) is 0. The van der Waals surface area contributed by atoms with Crippen LogP contribution in [0, 0.1) is 0 Å². The van der Waals surface area contributed by atoms with Gasteiger partial charge in [0.15, 0.2) is 0 Å². The van der Waals surface area contributed by atoms with Crippen molar-refractivity contribution in [2.24, 2.45) is 0 Å². The van der Waals surface area contributed by atoms with E-state index < -0.39 is 0 Å². The van der Waals surface area contributed by atoms with Crippen molar-refractivity contribution in [3.05, 3.63) is 0 Å². The van der Waals surface area contributed by atoms with Crippen molar-refractivity contribution in [2.45, 2.75) is 7.43 Å². The van der Waals surface area contributed by atoms with Crippen LogP contribution >= 0.6 is 0 Å². The van der Waals surface area contributed by atoms with Gasteiger partial charge < -0.3 is 11.0 Å². The van der Waals surface area contributed by atoms with Gasteiger partial charge in [0.2, 0.25) is 0 Å². The molecule has 0 aliphatic rings. The van der Waals surface area contributed by atoms with Gasteiger partial charge in [-0.3, -0.25) is 0 Å². The van der Waals surface area contributed by atoms with E-state index in [2.05, 4.69) is 0 Å². The minimum atomic E-state index is 0. The zero-order chi connectivity index (χ0) is 0. The number of rotatable bonds is 0. The summed E-state index contributed by atoms with van der Waals surface area (Å²) in [5.41, 5.74) is 0. The van der Waals surface area contributed by atoms with Crippen molar-refractivity contribution in [1.29, 1.82) is 0 Å². The minimum Gasteiger partial charge on any atom is -2.00 e. The molecule has 0 aliphatic heterocycles. The van der Waals surface area contributed by atoms with Crippen molar-refractivity contribution in [2.75, 3.05) is 0 Å². The maximum atomic E-state index is 0. The molecule has 0 N–H and O–H groups in total. The Morgan fingerprint density at radius 2 is 0.750 bits per heavy atom. The SMILES string of the molecule is C.[Ir].[O-2].[O-2]. The molecule has 0 aromatic rings. The Kier molecular flexibility index (Phi) is 3260. The van der Waals surface area contributed by atoms with Crippen molar-refractivity contribution in [1.82, 2.24) is 0 Å². The molecular weight excluding hydrogens is 236 g/mol. The molecule has 1 radical (unpaired) electrons. The normalized spacial score (nSPS) is 0.